The van der Waals surface area contributed by atoms with E-state index in [4.69, 9.17) is 0 Å². The molecule has 0 atom stereocenters. The normalized spacial score (nSPS) is 11.4. The molecular formula is C16H19N5. The average molecular weight is 281 g/mol. The zero-order chi connectivity index (χ0) is 14.8. The van der Waals surface area contributed by atoms with Crippen LogP contribution in [0, 0.1) is 6.92 Å². The van der Waals surface area contributed by atoms with Gasteiger partial charge in [-0.3, -0.25) is 0 Å². The summed E-state index contributed by atoms with van der Waals surface area (Å²) in [5.41, 5.74) is 2.98. The van der Waals surface area contributed by atoms with Crippen LogP contribution in [0.4, 0.5) is 0 Å². The molecule has 3 aromatic rings. The molecule has 0 unspecified atom stereocenters. The standard InChI is InChI=1S/C16H19N5/c1-11(2)18-9-13-8-14-12(3)20-21(16(14)19-10-13)15-6-4-5-7-17-15/h4-8,10-11,18H,9H2,1-3H3. The zero-order valence-electron chi connectivity index (χ0n) is 12.5. The molecule has 0 aliphatic heterocycles. The molecule has 0 aliphatic carbocycles. The fourth-order valence-electron chi connectivity index (χ4n) is 2.24. The Kier molecular flexibility index (Phi) is 3.66. The Labute approximate surface area is 124 Å². The lowest BCUT2D eigenvalue weighted by Gasteiger charge is -2.08. The van der Waals surface area contributed by atoms with Crippen molar-refractivity contribution in [3.63, 3.8) is 0 Å². The van der Waals surface area contributed by atoms with Crippen LogP contribution in [-0.2, 0) is 6.54 Å². The van der Waals surface area contributed by atoms with Crippen LogP contribution in [0.3, 0.4) is 0 Å². The van der Waals surface area contributed by atoms with E-state index in [0.717, 1.165) is 29.1 Å². The van der Waals surface area contributed by atoms with Gasteiger partial charge in [0.15, 0.2) is 11.5 Å². The van der Waals surface area contributed by atoms with Crippen LogP contribution >= 0.6 is 0 Å². The van der Waals surface area contributed by atoms with Crippen LogP contribution in [0.5, 0.6) is 0 Å². The molecule has 0 bridgehead atoms. The molecular weight excluding hydrogens is 262 g/mol. The van der Waals surface area contributed by atoms with Gasteiger partial charge in [-0.1, -0.05) is 19.9 Å². The van der Waals surface area contributed by atoms with Crippen LogP contribution in [0.1, 0.15) is 25.1 Å². The first-order chi connectivity index (χ1) is 10.1. The van der Waals surface area contributed by atoms with Crippen molar-refractivity contribution in [3.05, 3.63) is 47.9 Å². The summed E-state index contributed by atoms with van der Waals surface area (Å²) in [5, 5.41) is 9.05. The molecule has 21 heavy (non-hydrogen) atoms. The molecule has 5 nitrogen and oxygen atoms in total. The first-order valence-corrected chi connectivity index (χ1v) is 7.14. The number of hydrogen-bond donors (Lipinski definition) is 1. The van der Waals surface area contributed by atoms with Gasteiger partial charge in [-0.2, -0.15) is 9.78 Å². The summed E-state index contributed by atoms with van der Waals surface area (Å²) in [6, 6.07) is 8.39. The van der Waals surface area contributed by atoms with E-state index in [1.165, 1.54) is 5.56 Å². The van der Waals surface area contributed by atoms with E-state index in [0.29, 0.717) is 6.04 Å². The zero-order valence-corrected chi connectivity index (χ0v) is 12.5. The van der Waals surface area contributed by atoms with E-state index in [1.54, 1.807) is 10.9 Å². The van der Waals surface area contributed by atoms with Gasteiger partial charge in [0, 0.05) is 30.4 Å². The predicted molar refractivity (Wildman–Crippen MR) is 83.4 cm³/mol. The summed E-state index contributed by atoms with van der Waals surface area (Å²) in [7, 11) is 0. The molecule has 0 aliphatic rings. The van der Waals surface area contributed by atoms with Crippen molar-refractivity contribution < 1.29 is 0 Å². The largest absolute Gasteiger partial charge is 0.310 e. The second-order valence-corrected chi connectivity index (χ2v) is 5.44. The molecule has 0 radical (unpaired) electrons. The Morgan fingerprint density at radius 1 is 1.24 bits per heavy atom. The minimum Gasteiger partial charge on any atom is -0.310 e. The number of aryl methyl sites for hydroxylation is 1. The van der Waals surface area contributed by atoms with Gasteiger partial charge in [0.25, 0.3) is 0 Å². The highest BCUT2D eigenvalue weighted by Gasteiger charge is 2.11. The number of rotatable bonds is 4. The molecule has 0 fully saturated rings. The third-order valence-electron chi connectivity index (χ3n) is 3.34. The summed E-state index contributed by atoms with van der Waals surface area (Å²) in [5.74, 6) is 0.788. The number of fused-ring (bicyclic) bond motifs is 1. The quantitative estimate of drug-likeness (QED) is 0.798. The molecule has 5 heteroatoms. The minimum atomic E-state index is 0.457. The minimum absolute atomic E-state index is 0.457. The van der Waals surface area contributed by atoms with Crippen molar-refractivity contribution >= 4 is 11.0 Å². The van der Waals surface area contributed by atoms with Crippen LogP contribution in [0.2, 0.25) is 0 Å². The fourth-order valence-corrected chi connectivity index (χ4v) is 2.24. The summed E-state index contributed by atoms with van der Waals surface area (Å²) >= 11 is 0. The van der Waals surface area contributed by atoms with Gasteiger partial charge in [0.2, 0.25) is 0 Å². The Morgan fingerprint density at radius 2 is 2.10 bits per heavy atom. The highest BCUT2D eigenvalue weighted by Crippen LogP contribution is 2.20. The van der Waals surface area contributed by atoms with Crippen molar-refractivity contribution in [3.8, 4) is 5.82 Å². The van der Waals surface area contributed by atoms with Crippen LogP contribution in [-0.4, -0.2) is 25.8 Å². The maximum atomic E-state index is 4.58. The second-order valence-electron chi connectivity index (χ2n) is 5.44. The number of nitrogens with one attached hydrogen (secondary N) is 1. The van der Waals surface area contributed by atoms with E-state index < -0.39 is 0 Å². The van der Waals surface area contributed by atoms with Gasteiger partial charge in [0.05, 0.1) is 5.69 Å². The fraction of sp³-hybridized carbons (Fsp3) is 0.312. The Hall–Kier alpha value is -2.27. The predicted octanol–water partition coefficient (Wildman–Crippen LogP) is 2.62. The van der Waals surface area contributed by atoms with Gasteiger partial charge >= 0.3 is 0 Å². The van der Waals surface area contributed by atoms with Crippen molar-refractivity contribution in [1.29, 1.82) is 0 Å². The highest BCUT2D eigenvalue weighted by molar-refractivity contribution is 5.79. The maximum absolute atomic E-state index is 4.58. The van der Waals surface area contributed by atoms with E-state index in [-0.39, 0.29) is 0 Å². The molecule has 3 heterocycles. The van der Waals surface area contributed by atoms with E-state index in [2.05, 4.69) is 40.3 Å². The molecule has 108 valence electrons. The van der Waals surface area contributed by atoms with Gasteiger partial charge < -0.3 is 5.32 Å². The summed E-state index contributed by atoms with van der Waals surface area (Å²) in [4.78, 5) is 8.92. The van der Waals surface area contributed by atoms with Crippen LogP contribution in [0.25, 0.3) is 16.9 Å². The lowest BCUT2D eigenvalue weighted by Crippen LogP contribution is -2.21. The first kappa shape index (κ1) is 13.7. The van der Waals surface area contributed by atoms with E-state index >= 15 is 0 Å². The molecule has 0 saturated carbocycles. The third-order valence-corrected chi connectivity index (χ3v) is 3.34. The van der Waals surface area contributed by atoms with Crippen molar-refractivity contribution in [2.75, 3.05) is 0 Å². The SMILES string of the molecule is Cc1nn(-c2ccccn2)c2ncc(CNC(C)C)cc12. The number of pyridine rings is 2. The third kappa shape index (κ3) is 2.78. The van der Waals surface area contributed by atoms with Crippen molar-refractivity contribution in [2.45, 2.75) is 33.4 Å². The number of hydrogen-bond acceptors (Lipinski definition) is 4. The first-order valence-electron chi connectivity index (χ1n) is 7.14. The summed E-state index contributed by atoms with van der Waals surface area (Å²) < 4.78 is 1.80. The van der Waals surface area contributed by atoms with E-state index in [1.807, 2.05) is 31.3 Å². The van der Waals surface area contributed by atoms with Gasteiger partial charge in [-0.05, 0) is 30.7 Å². The smallest absolute Gasteiger partial charge is 0.164 e. The summed E-state index contributed by atoms with van der Waals surface area (Å²) in [6.07, 6.45) is 3.66. The monoisotopic (exact) mass is 281 g/mol. The van der Waals surface area contributed by atoms with Crippen LogP contribution < -0.4 is 5.32 Å². The number of aromatic nitrogens is 4. The topological polar surface area (TPSA) is 55.6 Å². The Balaban J connectivity index is 2.02. The molecule has 3 rings (SSSR count). The maximum Gasteiger partial charge on any atom is 0.164 e. The molecule has 0 amide bonds. The summed E-state index contributed by atoms with van der Waals surface area (Å²) in [6.45, 7) is 7.09. The molecule has 0 saturated heterocycles. The lowest BCUT2D eigenvalue weighted by atomic mass is 10.2. The molecule has 3 aromatic heterocycles. The Bertz CT molecular complexity index is 746. The van der Waals surface area contributed by atoms with Gasteiger partial charge in [-0.15, -0.1) is 0 Å². The number of nitrogens with zero attached hydrogens (tertiary/aromatic N) is 4. The van der Waals surface area contributed by atoms with Crippen LogP contribution in [0.15, 0.2) is 36.7 Å². The van der Waals surface area contributed by atoms with E-state index in [9.17, 15) is 0 Å². The lowest BCUT2D eigenvalue weighted by molar-refractivity contribution is 0.588. The molecule has 1 N–H and O–H groups in total. The van der Waals surface area contributed by atoms with Gasteiger partial charge in [-0.25, -0.2) is 9.97 Å². The average Bonchev–Trinajstić information content (AvgIpc) is 2.83. The van der Waals surface area contributed by atoms with Gasteiger partial charge in [0.1, 0.15) is 0 Å². The highest BCUT2D eigenvalue weighted by atomic mass is 15.3. The second kappa shape index (κ2) is 5.61. The molecule has 0 spiro atoms. The van der Waals surface area contributed by atoms with Crippen molar-refractivity contribution in [2.24, 2.45) is 0 Å². The van der Waals surface area contributed by atoms with Crippen molar-refractivity contribution in [1.82, 2.24) is 25.1 Å². The molecule has 0 aromatic carbocycles. The Morgan fingerprint density at radius 3 is 2.81 bits per heavy atom.